The summed E-state index contributed by atoms with van der Waals surface area (Å²) in [4.78, 5) is 28.3. The number of hydrogen-bond donors (Lipinski definition) is 2. The molecule has 1 atom stereocenters. The molecule has 0 aliphatic carbocycles. The number of rotatable bonds is 5. The Bertz CT molecular complexity index is 1290. The molecule has 2 aromatic carbocycles. The van der Waals surface area contributed by atoms with Gasteiger partial charge in [0.05, 0.1) is 40.0 Å². The number of aromatic nitrogens is 3. The third-order valence-corrected chi connectivity index (χ3v) is 6.60. The van der Waals surface area contributed by atoms with Crippen LogP contribution in [-0.4, -0.2) is 53.0 Å². The lowest BCUT2D eigenvalue weighted by molar-refractivity contribution is -0.121. The molecule has 0 radical (unpaired) electrons. The number of anilines is 3. The van der Waals surface area contributed by atoms with E-state index in [1.807, 2.05) is 35.8 Å². The Morgan fingerprint density at radius 2 is 2.09 bits per heavy atom. The maximum Gasteiger partial charge on any atom is 0.228 e. The van der Waals surface area contributed by atoms with Crippen LogP contribution in [0.15, 0.2) is 42.2 Å². The van der Waals surface area contributed by atoms with Crippen molar-refractivity contribution in [3.63, 3.8) is 0 Å². The number of carbonyl (C=O) groups excluding carboxylic acids is 1. The highest BCUT2D eigenvalue weighted by Crippen LogP contribution is 2.34. The van der Waals surface area contributed by atoms with Crippen LogP contribution in [0.5, 0.6) is 5.75 Å². The molecule has 1 saturated heterocycles. The predicted octanol–water partition coefficient (Wildman–Crippen LogP) is 4.27. The summed E-state index contributed by atoms with van der Waals surface area (Å²) >= 11 is 1.59. The van der Waals surface area contributed by atoms with Gasteiger partial charge in [-0.2, -0.15) is 0 Å². The summed E-state index contributed by atoms with van der Waals surface area (Å²) in [6.07, 6.45) is 3.43. The zero-order chi connectivity index (χ0) is 22.1. The Kier molecular flexibility index (Phi) is 5.59. The van der Waals surface area contributed by atoms with E-state index in [2.05, 4.69) is 37.5 Å². The van der Waals surface area contributed by atoms with Crippen LogP contribution in [0.3, 0.4) is 0 Å². The number of fused-ring (bicyclic) bond motifs is 2. The van der Waals surface area contributed by atoms with Gasteiger partial charge in [-0.25, -0.2) is 15.0 Å². The zero-order valence-corrected chi connectivity index (χ0v) is 18.8. The molecular weight excluding hydrogens is 424 g/mol. The van der Waals surface area contributed by atoms with E-state index in [0.717, 1.165) is 52.7 Å². The number of methoxy groups -OCH3 is 1. The van der Waals surface area contributed by atoms with Crippen LogP contribution >= 0.6 is 11.3 Å². The summed E-state index contributed by atoms with van der Waals surface area (Å²) in [6, 6.07) is 9.71. The van der Waals surface area contributed by atoms with Crippen LogP contribution in [0, 0.1) is 5.92 Å². The van der Waals surface area contributed by atoms with Crippen molar-refractivity contribution in [3.8, 4) is 5.75 Å². The van der Waals surface area contributed by atoms with Gasteiger partial charge in [0, 0.05) is 23.7 Å². The second-order valence-electron chi connectivity index (χ2n) is 8.04. The fourth-order valence-electron chi connectivity index (χ4n) is 4.13. The van der Waals surface area contributed by atoms with E-state index in [9.17, 15) is 4.79 Å². The van der Waals surface area contributed by atoms with E-state index >= 15 is 0 Å². The number of hydrogen-bond acceptors (Lipinski definition) is 8. The van der Waals surface area contributed by atoms with Crippen LogP contribution in [0.25, 0.3) is 21.1 Å². The van der Waals surface area contributed by atoms with Gasteiger partial charge >= 0.3 is 0 Å². The Morgan fingerprint density at radius 3 is 2.94 bits per heavy atom. The topological polar surface area (TPSA) is 92.3 Å². The molecule has 4 aromatic rings. The maximum atomic E-state index is 12.9. The molecule has 2 aromatic heterocycles. The molecule has 8 nitrogen and oxygen atoms in total. The first-order valence-electron chi connectivity index (χ1n) is 10.5. The summed E-state index contributed by atoms with van der Waals surface area (Å²) in [5.41, 5.74) is 5.06. The van der Waals surface area contributed by atoms with Crippen LogP contribution < -0.4 is 15.4 Å². The van der Waals surface area contributed by atoms with Gasteiger partial charge in [0.25, 0.3) is 0 Å². The summed E-state index contributed by atoms with van der Waals surface area (Å²) in [5.74, 6) is 1.21. The van der Waals surface area contributed by atoms with E-state index in [1.165, 1.54) is 6.33 Å². The zero-order valence-electron chi connectivity index (χ0n) is 18.0. The Hall–Kier alpha value is -3.30. The lowest BCUT2D eigenvalue weighted by Crippen LogP contribution is -2.38. The molecule has 9 heteroatoms. The summed E-state index contributed by atoms with van der Waals surface area (Å²) in [6.45, 7) is 1.79. The third kappa shape index (κ3) is 4.09. The predicted molar refractivity (Wildman–Crippen MR) is 128 cm³/mol. The number of nitrogens with one attached hydrogen (secondary N) is 2. The summed E-state index contributed by atoms with van der Waals surface area (Å²) in [5, 5.41) is 7.26. The van der Waals surface area contributed by atoms with Crippen LogP contribution in [0.1, 0.15) is 12.8 Å². The Morgan fingerprint density at radius 1 is 1.19 bits per heavy atom. The number of thiazole rings is 1. The molecule has 1 fully saturated rings. The molecule has 0 bridgehead atoms. The van der Waals surface area contributed by atoms with Gasteiger partial charge in [0.1, 0.15) is 17.9 Å². The second-order valence-corrected chi connectivity index (χ2v) is 8.93. The van der Waals surface area contributed by atoms with Crippen LogP contribution in [0.2, 0.25) is 0 Å². The van der Waals surface area contributed by atoms with Gasteiger partial charge in [-0.15, -0.1) is 11.3 Å². The number of nitrogens with zero attached hydrogens (tertiary/aromatic N) is 4. The highest BCUT2D eigenvalue weighted by molar-refractivity contribution is 7.16. The van der Waals surface area contributed by atoms with Gasteiger partial charge in [-0.1, -0.05) is 0 Å². The lowest BCUT2D eigenvalue weighted by Gasteiger charge is -2.28. The van der Waals surface area contributed by atoms with Crippen molar-refractivity contribution in [3.05, 3.63) is 42.2 Å². The molecule has 1 amide bonds. The van der Waals surface area contributed by atoms with Crippen molar-refractivity contribution in [1.29, 1.82) is 0 Å². The fourth-order valence-corrected chi connectivity index (χ4v) is 4.85. The number of carbonyl (C=O) groups is 1. The van der Waals surface area contributed by atoms with E-state index < -0.39 is 0 Å². The van der Waals surface area contributed by atoms with Crippen molar-refractivity contribution < 1.29 is 9.53 Å². The van der Waals surface area contributed by atoms with Crippen molar-refractivity contribution in [2.24, 2.45) is 5.92 Å². The Labute approximate surface area is 189 Å². The SMILES string of the molecule is COc1cc2ncnc(Nc3ccc4ncsc4c3)c2cc1NC(=O)C1CCCN(C)C1. The minimum atomic E-state index is -0.0371. The normalized spacial score (nSPS) is 16.9. The molecule has 164 valence electrons. The highest BCUT2D eigenvalue weighted by atomic mass is 32.1. The minimum Gasteiger partial charge on any atom is -0.494 e. The van der Waals surface area contributed by atoms with E-state index in [4.69, 9.17) is 4.74 Å². The second kappa shape index (κ2) is 8.68. The molecular formula is C23H24N6O2S. The van der Waals surface area contributed by atoms with Gasteiger partial charge < -0.3 is 20.3 Å². The fraction of sp³-hybridized carbons (Fsp3) is 0.304. The van der Waals surface area contributed by atoms with Crippen molar-refractivity contribution in [2.45, 2.75) is 12.8 Å². The first kappa shape index (κ1) is 20.6. The molecule has 32 heavy (non-hydrogen) atoms. The first-order valence-corrected chi connectivity index (χ1v) is 11.4. The molecule has 1 aliphatic heterocycles. The van der Waals surface area contributed by atoms with Gasteiger partial charge in [-0.3, -0.25) is 4.79 Å². The van der Waals surface area contributed by atoms with E-state index in [1.54, 1.807) is 18.4 Å². The average molecular weight is 449 g/mol. The van der Waals surface area contributed by atoms with Crippen molar-refractivity contribution >= 4 is 55.6 Å². The third-order valence-electron chi connectivity index (χ3n) is 5.80. The maximum absolute atomic E-state index is 12.9. The summed E-state index contributed by atoms with van der Waals surface area (Å²) < 4.78 is 6.65. The van der Waals surface area contributed by atoms with Gasteiger partial charge in [0.15, 0.2) is 0 Å². The number of ether oxygens (including phenoxy) is 1. The summed E-state index contributed by atoms with van der Waals surface area (Å²) in [7, 11) is 3.64. The molecule has 1 aliphatic rings. The minimum absolute atomic E-state index is 0.0104. The monoisotopic (exact) mass is 448 g/mol. The van der Waals surface area contributed by atoms with Crippen molar-refractivity contribution in [2.75, 3.05) is 37.9 Å². The lowest BCUT2D eigenvalue weighted by atomic mass is 9.97. The number of piperidine rings is 1. The number of likely N-dealkylation sites (tertiary alicyclic amines) is 1. The van der Waals surface area contributed by atoms with Gasteiger partial charge in [0.2, 0.25) is 5.91 Å². The molecule has 5 rings (SSSR count). The quantitative estimate of drug-likeness (QED) is 0.471. The standard InChI is InChI=1S/C23H24N6O2S/c1-29-7-3-4-14(11-29)23(30)28-19-9-16-18(10-20(19)31-2)24-12-25-22(16)27-15-5-6-17-21(8-15)32-13-26-17/h5-6,8-10,12-14H,3-4,7,11H2,1-2H3,(H,28,30)(H,24,25,27). The van der Waals surface area contributed by atoms with Crippen LogP contribution in [0.4, 0.5) is 17.2 Å². The largest absolute Gasteiger partial charge is 0.494 e. The smallest absolute Gasteiger partial charge is 0.228 e. The first-order chi connectivity index (χ1) is 15.6. The molecule has 2 N–H and O–H groups in total. The Balaban J connectivity index is 1.47. The highest BCUT2D eigenvalue weighted by Gasteiger charge is 2.25. The molecule has 1 unspecified atom stereocenters. The molecule has 0 spiro atoms. The van der Waals surface area contributed by atoms with E-state index in [-0.39, 0.29) is 11.8 Å². The van der Waals surface area contributed by atoms with Crippen LogP contribution in [-0.2, 0) is 4.79 Å². The number of amides is 1. The van der Waals surface area contributed by atoms with Gasteiger partial charge in [-0.05, 0) is 50.7 Å². The van der Waals surface area contributed by atoms with Crippen molar-refractivity contribution in [1.82, 2.24) is 19.9 Å². The van der Waals surface area contributed by atoms with E-state index in [0.29, 0.717) is 17.3 Å². The number of benzene rings is 2. The molecule has 3 heterocycles. The average Bonchev–Trinajstić information content (AvgIpc) is 3.27. The molecule has 0 saturated carbocycles.